The Bertz CT molecular complexity index is 561. The lowest BCUT2D eigenvalue weighted by atomic mass is 10.1. The van der Waals surface area contributed by atoms with E-state index in [1.54, 1.807) is 6.07 Å². The van der Waals surface area contributed by atoms with Crippen LogP contribution in [0, 0.1) is 0 Å². The first-order valence-corrected chi connectivity index (χ1v) is 5.91. The molecule has 1 heterocycles. The van der Waals surface area contributed by atoms with Crippen molar-refractivity contribution in [2.45, 2.75) is 10.1 Å². The van der Waals surface area contributed by atoms with E-state index in [1.165, 1.54) is 24.3 Å². The quantitative estimate of drug-likeness (QED) is 0.818. The molecule has 5 nitrogen and oxygen atoms in total. The van der Waals surface area contributed by atoms with Gasteiger partial charge in [0.05, 0.1) is 21.3 Å². The van der Waals surface area contributed by atoms with Crippen LogP contribution in [0.2, 0.25) is 0 Å². The van der Waals surface area contributed by atoms with Crippen LogP contribution >= 0.6 is 0 Å². The van der Waals surface area contributed by atoms with Crippen molar-refractivity contribution in [3.8, 4) is 0 Å². The Morgan fingerprint density at radius 2 is 1.94 bits per heavy atom. The first-order valence-electron chi connectivity index (χ1n) is 4.70. The highest BCUT2D eigenvalue weighted by molar-refractivity contribution is 7.87. The van der Waals surface area contributed by atoms with Gasteiger partial charge < -0.3 is 10.2 Å². The van der Waals surface area contributed by atoms with Crippen molar-refractivity contribution in [2.24, 2.45) is 0 Å². The predicted molar refractivity (Wildman–Crippen MR) is 60.3 cm³/mol. The van der Waals surface area contributed by atoms with Gasteiger partial charge in [-0.1, -0.05) is 24.3 Å². The van der Waals surface area contributed by atoms with Crippen LogP contribution in [-0.2, 0) is 15.6 Å². The molecular formula is C11H8O5S. The summed E-state index contributed by atoms with van der Waals surface area (Å²) in [6.07, 6.45) is 2.80. The molecule has 1 aliphatic rings. The minimum absolute atomic E-state index is 0.0786. The van der Waals surface area contributed by atoms with E-state index in [2.05, 4.69) is 0 Å². The van der Waals surface area contributed by atoms with Gasteiger partial charge in [0, 0.05) is 0 Å². The molecule has 1 aromatic carbocycles. The van der Waals surface area contributed by atoms with E-state index in [0.29, 0.717) is 5.56 Å². The van der Waals surface area contributed by atoms with E-state index in [0.717, 1.165) is 0 Å². The lowest BCUT2D eigenvalue weighted by molar-refractivity contribution is -0.135. The maximum atomic E-state index is 12.0. The van der Waals surface area contributed by atoms with Gasteiger partial charge in [0.25, 0.3) is 0 Å². The summed E-state index contributed by atoms with van der Waals surface area (Å²) in [5.41, 5.74) is 0.372. The molecule has 88 valence electrons. The number of carbonyl (C=O) groups is 2. The van der Waals surface area contributed by atoms with Crippen LogP contribution in [0.4, 0.5) is 0 Å². The second kappa shape index (κ2) is 4.14. The van der Waals surface area contributed by atoms with Gasteiger partial charge in [0.2, 0.25) is 0 Å². The van der Waals surface area contributed by atoms with Crippen molar-refractivity contribution in [1.82, 2.24) is 0 Å². The zero-order valence-corrected chi connectivity index (χ0v) is 9.31. The summed E-state index contributed by atoms with van der Waals surface area (Å²) >= 11 is 0. The van der Waals surface area contributed by atoms with Crippen LogP contribution in [0.3, 0.4) is 0 Å². The third-order valence-corrected chi connectivity index (χ3v) is 4.08. The Balaban J connectivity index is 2.64. The van der Waals surface area contributed by atoms with Gasteiger partial charge >= 0.3 is 11.9 Å². The monoisotopic (exact) mass is 252 g/mol. The van der Waals surface area contributed by atoms with Crippen LogP contribution in [0.5, 0.6) is 0 Å². The maximum absolute atomic E-state index is 12.0. The third kappa shape index (κ3) is 1.87. The number of aliphatic carboxylic acids is 1. The molecule has 0 radical (unpaired) electrons. The summed E-state index contributed by atoms with van der Waals surface area (Å²) in [6, 6.07) is 4.45. The van der Waals surface area contributed by atoms with Crippen LogP contribution in [0.25, 0.3) is 6.08 Å². The number of rotatable bonds is 2. The highest BCUT2D eigenvalue weighted by atomic mass is 32.2. The molecule has 2 rings (SSSR count). The highest BCUT2D eigenvalue weighted by Crippen LogP contribution is 2.28. The second-order valence-corrected chi connectivity index (χ2v) is 4.96. The van der Waals surface area contributed by atoms with E-state index in [1.807, 2.05) is 0 Å². The lowest BCUT2D eigenvalue weighted by Gasteiger charge is -2.17. The van der Waals surface area contributed by atoms with Gasteiger partial charge in [-0.2, -0.15) is 0 Å². The predicted octanol–water partition coefficient (Wildman–Crippen LogP) is 0.972. The molecule has 0 amide bonds. The minimum atomic E-state index is -1.88. The second-order valence-electron chi connectivity index (χ2n) is 3.44. The molecule has 0 fully saturated rings. The molecule has 1 aliphatic heterocycles. The van der Waals surface area contributed by atoms with Gasteiger partial charge in [0.1, 0.15) is 0 Å². The molecule has 0 aromatic heterocycles. The highest BCUT2D eigenvalue weighted by Gasteiger charge is 2.31. The van der Waals surface area contributed by atoms with Crippen LogP contribution in [0.15, 0.2) is 29.2 Å². The van der Waals surface area contributed by atoms with Crippen LogP contribution in [-0.4, -0.2) is 31.6 Å². The lowest BCUT2D eigenvalue weighted by Crippen LogP contribution is -2.27. The Kier molecular flexibility index (Phi) is 2.81. The summed E-state index contributed by atoms with van der Waals surface area (Å²) in [4.78, 5) is 21.9. The van der Waals surface area contributed by atoms with Crippen molar-refractivity contribution < 1.29 is 24.0 Å². The largest absolute Gasteiger partial charge is 0.480 e. The zero-order chi connectivity index (χ0) is 12.6. The molecule has 2 unspecified atom stereocenters. The van der Waals surface area contributed by atoms with Crippen LogP contribution in [0.1, 0.15) is 15.9 Å². The molecule has 6 heteroatoms. The molecular weight excluding hydrogens is 244 g/mol. The fourth-order valence-electron chi connectivity index (χ4n) is 1.64. The third-order valence-electron chi connectivity index (χ3n) is 2.40. The van der Waals surface area contributed by atoms with E-state index < -0.39 is 28.0 Å². The van der Waals surface area contributed by atoms with Crippen molar-refractivity contribution in [3.05, 3.63) is 35.4 Å². The molecule has 0 spiro atoms. The summed E-state index contributed by atoms with van der Waals surface area (Å²) in [7, 11) is -1.88. The van der Waals surface area contributed by atoms with Gasteiger partial charge in [-0.05, 0) is 11.6 Å². The summed E-state index contributed by atoms with van der Waals surface area (Å²) in [6.45, 7) is 0. The molecule has 0 bridgehead atoms. The van der Waals surface area contributed by atoms with Gasteiger partial charge in [-0.25, -0.2) is 4.79 Å². The molecule has 2 N–H and O–H groups in total. The first-order chi connectivity index (χ1) is 8.02. The standard InChI is InChI=1S/C11H8O5S/c12-10(13)7-3-1-2-6-4-5-8(11(14)15)17(16)9(6)7/h1-5,8H,(H,12,13)(H,14,15). The topological polar surface area (TPSA) is 91.7 Å². The number of carboxylic acids is 2. The zero-order valence-electron chi connectivity index (χ0n) is 8.49. The average Bonchev–Trinajstić information content (AvgIpc) is 2.28. The van der Waals surface area contributed by atoms with E-state index >= 15 is 0 Å². The molecule has 0 saturated heterocycles. The SMILES string of the molecule is O=C(O)c1cccc2c1S(=O)C(C(=O)O)C=C2. The number of hydrogen-bond donors (Lipinski definition) is 2. The minimum Gasteiger partial charge on any atom is -0.480 e. The fraction of sp³-hybridized carbons (Fsp3) is 0.0909. The van der Waals surface area contributed by atoms with E-state index in [4.69, 9.17) is 10.2 Å². The number of aromatic carboxylic acids is 1. The number of carboxylic acid groups (broad SMARTS) is 2. The average molecular weight is 252 g/mol. The van der Waals surface area contributed by atoms with E-state index in [-0.39, 0.29) is 10.5 Å². The van der Waals surface area contributed by atoms with Crippen LogP contribution < -0.4 is 0 Å². The molecule has 0 saturated carbocycles. The molecule has 17 heavy (non-hydrogen) atoms. The fourth-order valence-corrected chi connectivity index (χ4v) is 3.04. The van der Waals surface area contributed by atoms with Crippen molar-refractivity contribution in [1.29, 1.82) is 0 Å². The summed E-state index contributed by atoms with van der Waals surface area (Å²) in [5.74, 6) is -2.44. The number of fused-ring (bicyclic) bond motifs is 1. The maximum Gasteiger partial charge on any atom is 0.336 e. The molecule has 0 aliphatic carbocycles. The van der Waals surface area contributed by atoms with Gasteiger partial charge in [-0.3, -0.25) is 9.00 Å². The Morgan fingerprint density at radius 3 is 2.53 bits per heavy atom. The van der Waals surface area contributed by atoms with E-state index in [9.17, 15) is 13.8 Å². The molecule has 1 aromatic rings. The number of benzene rings is 1. The first kappa shape index (κ1) is 11.5. The van der Waals surface area contributed by atoms with Crippen molar-refractivity contribution in [2.75, 3.05) is 0 Å². The molecule has 2 atom stereocenters. The Morgan fingerprint density at radius 1 is 1.24 bits per heavy atom. The van der Waals surface area contributed by atoms with Crippen molar-refractivity contribution in [3.63, 3.8) is 0 Å². The Labute approximate surface area is 98.8 Å². The summed E-state index contributed by atoms with van der Waals surface area (Å²) in [5, 5.41) is 16.7. The number of hydrogen-bond acceptors (Lipinski definition) is 3. The smallest absolute Gasteiger partial charge is 0.336 e. The van der Waals surface area contributed by atoms with Crippen molar-refractivity contribution >= 4 is 28.8 Å². The van der Waals surface area contributed by atoms with Gasteiger partial charge in [-0.15, -0.1) is 0 Å². The van der Waals surface area contributed by atoms with Gasteiger partial charge in [0.15, 0.2) is 5.25 Å². The normalized spacial score (nSPS) is 21.9. The Hall–Kier alpha value is -1.95. The summed E-state index contributed by atoms with van der Waals surface area (Å²) < 4.78 is 12.0.